The Hall–Kier alpha value is -3.33. The van der Waals surface area contributed by atoms with E-state index in [-0.39, 0.29) is 57.9 Å². The quantitative estimate of drug-likeness (QED) is 0.534. The monoisotopic (exact) mass is 563 g/mol. The van der Waals surface area contributed by atoms with Gasteiger partial charge in [-0.05, 0) is 61.2 Å². The van der Waals surface area contributed by atoms with Crippen molar-refractivity contribution in [3.05, 3.63) is 21.9 Å². The minimum atomic E-state index is -1.08. The van der Waals surface area contributed by atoms with Crippen LogP contribution >= 0.6 is 15.9 Å². The van der Waals surface area contributed by atoms with E-state index in [9.17, 15) is 14.7 Å². The highest BCUT2D eigenvalue weighted by atomic mass is 79.9. The maximum absolute atomic E-state index is 15.6. The van der Waals surface area contributed by atoms with Gasteiger partial charge in [0.25, 0.3) is 0 Å². The van der Waals surface area contributed by atoms with E-state index in [1.54, 1.807) is 26.8 Å². The topological polar surface area (TPSA) is 142 Å². The van der Waals surface area contributed by atoms with Gasteiger partial charge in [0.2, 0.25) is 5.88 Å². The molecular formula is C24H27BrFN5O5. The SMILES string of the molecule is COc1nc2c(F)c(Br)c(CCC#N)cc2c(N(C(=O)OC(C)(C)C)[C@H]2[C@@H]3C[C@H]2N(C(=O)O)C3)c1N. The van der Waals surface area contributed by atoms with E-state index in [4.69, 9.17) is 20.5 Å². The molecule has 2 bridgehead atoms. The highest BCUT2D eigenvalue weighted by Gasteiger charge is 2.58. The van der Waals surface area contributed by atoms with E-state index >= 15 is 4.39 Å². The molecule has 2 amide bonds. The molecule has 3 atom stereocenters. The Labute approximate surface area is 215 Å². The number of nitriles is 1. The molecule has 10 nitrogen and oxygen atoms in total. The Morgan fingerprint density at radius 3 is 2.69 bits per heavy atom. The zero-order chi connectivity index (χ0) is 26.5. The van der Waals surface area contributed by atoms with Gasteiger partial charge in [-0.15, -0.1) is 0 Å². The molecule has 0 radical (unpaired) electrons. The van der Waals surface area contributed by atoms with Gasteiger partial charge in [0.1, 0.15) is 16.8 Å². The van der Waals surface area contributed by atoms with E-state index in [2.05, 4.69) is 20.9 Å². The van der Waals surface area contributed by atoms with Crippen LogP contribution in [-0.4, -0.2) is 58.5 Å². The van der Waals surface area contributed by atoms with Crippen molar-refractivity contribution in [3.63, 3.8) is 0 Å². The van der Waals surface area contributed by atoms with Crippen molar-refractivity contribution in [1.29, 1.82) is 5.26 Å². The van der Waals surface area contributed by atoms with E-state index in [0.717, 1.165) is 0 Å². The number of aryl methyl sites for hydroxylation is 1. The number of carbonyl (C=O) groups excluding carboxylic acids is 1. The number of fused-ring (bicyclic) bond motifs is 2. The molecule has 2 aliphatic heterocycles. The summed E-state index contributed by atoms with van der Waals surface area (Å²) in [7, 11) is 1.33. The van der Waals surface area contributed by atoms with Gasteiger partial charge in [0.05, 0.1) is 35.4 Å². The lowest BCUT2D eigenvalue weighted by atomic mass is 9.78. The zero-order valence-corrected chi connectivity index (χ0v) is 21.9. The zero-order valence-electron chi connectivity index (χ0n) is 20.3. The number of carboxylic acid groups (broad SMARTS) is 1. The minimum absolute atomic E-state index is 0.00279. The van der Waals surface area contributed by atoms with Crippen LogP contribution in [0.15, 0.2) is 10.5 Å². The Morgan fingerprint density at radius 2 is 2.14 bits per heavy atom. The number of halogens is 2. The highest BCUT2D eigenvalue weighted by molar-refractivity contribution is 9.10. The van der Waals surface area contributed by atoms with Gasteiger partial charge >= 0.3 is 12.2 Å². The average molecular weight is 564 g/mol. The molecule has 1 aromatic carbocycles. The predicted octanol–water partition coefficient (Wildman–Crippen LogP) is 4.68. The molecule has 2 aromatic rings. The molecule has 1 aromatic heterocycles. The first-order valence-electron chi connectivity index (χ1n) is 11.4. The van der Waals surface area contributed by atoms with Gasteiger partial charge < -0.3 is 25.2 Å². The summed E-state index contributed by atoms with van der Waals surface area (Å²) in [4.78, 5) is 32.4. The second kappa shape index (κ2) is 9.28. The van der Waals surface area contributed by atoms with Crippen LogP contribution in [0.3, 0.4) is 0 Å². The van der Waals surface area contributed by atoms with Crippen molar-refractivity contribution in [1.82, 2.24) is 9.88 Å². The molecule has 3 N–H and O–H groups in total. The fourth-order valence-corrected chi connectivity index (χ4v) is 5.52. The number of benzene rings is 1. The van der Waals surface area contributed by atoms with Crippen LogP contribution in [0.5, 0.6) is 5.88 Å². The minimum Gasteiger partial charge on any atom is -0.479 e. The number of nitrogens with two attached hydrogens (primary N) is 1. The maximum atomic E-state index is 15.6. The Bertz CT molecular complexity index is 1290. The van der Waals surface area contributed by atoms with E-state index < -0.39 is 35.7 Å². The standard InChI is InChI=1S/C24H27BrFN5O5/c1-24(2,3)36-23(34)31(19-12-9-14(19)30(10-12)22(32)33)20-13-8-11(6-5-7-27)15(25)16(26)18(13)29-21(35-4)17(20)28/h8,12,14,19H,5-6,9-10,28H2,1-4H3,(H,32,33)/t12-,14-,19+/m1/s1. The summed E-state index contributed by atoms with van der Waals surface area (Å²) in [6.07, 6.45) is -0.827. The number of pyridine rings is 1. The number of hydrogen-bond acceptors (Lipinski definition) is 7. The summed E-state index contributed by atoms with van der Waals surface area (Å²) in [5, 5.41) is 18.9. The maximum Gasteiger partial charge on any atom is 0.415 e. The van der Waals surface area contributed by atoms with E-state index in [0.29, 0.717) is 12.0 Å². The van der Waals surface area contributed by atoms with Gasteiger partial charge in [-0.2, -0.15) is 5.26 Å². The second-order valence-corrected chi connectivity index (χ2v) is 10.7. The highest BCUT2D eigenvalue weighted by Crippen LogP contribution is 2.50. The summed E-state index contributed by atoms with van der Waals surface area (Å²) in [5.41, 5.74) is 6.16. The van der Waals surface area contributed by atoms with Crippen LogP contribution in [0.4, 0.5) is 25.4 Å². The van der Waals surface area contributed by atoms with Crippen LogP contribution < -0.4 is 15.4 Å². The van der Waals surface area contributed by atoms with Crippen LogP contribution in [0.1, 0.15) is 39.2 Å². The van der Waals surface area contributed by atoms with E-state index in [1.807, 2.05) is 6.07 Å². The number of anilines is 2. The molecule has 3 heterocycles. The molecular weight excluding hydrogens is 537 g/mol. The molecule has 2 saturated heterocycles. The number of nitrogen functional groups attached to an aromatic ring is 1. The van der Waals surface area contributed by atoms with E-state index in [1.165, 1.54) is 16.9 Å². The predicted molar refractivity (Wildman–Crippen MR) is 133 cm³/mol. The number of rotatable bonds is 5. The summed E-state index contributed by atoms with van der Waals surface area (Å²) in [5.74, 6) is -0.915. The summed E-state index contributed by atoms with van der Waals surface area (Å²) in [6.45, 7) is 5.41. The number of amides is 2. The third kappa shape index (κ3) is 4.25. The van der Waals surface area contributed by atoms with Crippen molar-refractivity contribution in [2.75, 3.05) is 24.3 Å². The molecule has 1 saturated carbocycles. The molecule has 3 fully saturated rings. The first-order valence-corrected chi connectivity index (χ1v) is 12.2. The van der Waals surface area contributed by atoms with Crippen LogP contribution in [0.2, 0.25) is 0 Å². The lowest BCUT2D eigenvalue weighted by Gasteiger charge is -2.44. The lowest BCUT2D eigenvalue weighted by molar-refractivity contribution is 0.0518. The number of ether oxygens (including phenoxy) is 2. The van der Waals surface area contributed by atoms with Crippen molar-refractivity contribution < 1.29 is 28.6 Å². The summed E-state index contributed by atoms with van der Waals surface area (Å²) >= 11 is 3.26. The third-order valence-corrected chi connectivity index (χ3v) is 7.40. The van der Waals surface area contributed by atoms with Crippen molar-refractivity contribution in [3.8, 4) is 11.9 Å². The fraction of sp³-hybridized carbons (Fsp3) is 0.500. The van der Waals surface area contributed by atoms with Gasteiger partial charge in [0.15, 0.2) is 5.82 Å². The van der Waals surface area contributed by atoms with Crippen molar-refractivity contribution in [2.24, 2.45) is 5.92 Å². The third-order valence-electron chi connectivity index (χ3n) is 6.54. The normalized spacial score (nSPS) is 20.6. The largest absolute Gasteiger partial charge is 0.479 e. The number of nitrogens with zero attached hydrogens (tertiary/aromatic N) is 4. The number of hydrogen-bond donors (Lipinski definition) is 2. The van der Waals surface area contributed by atoms with Gasteiger partial charge in [-0.3, -0.25) is 4.90 Å². The first-order chi connectivity index (χ1) is 16.9. The number of aromatic nitrogens is 1. The van der Waals surface area contributed by atoms with Gasteiger partial charge in [-0.25, -0.2) is 19.0 Å². The first kappa shape index (κ1) is 25.8. The van der Waals surface area contributed by atoms with Crippen LogP contribution in [0, 0.1) is 23.1 Å². The smallest absolute Gasteiger partial charge is 0.415 e. The second-order valence-electron chi connectivity index (χ2n) is 9.94. The lowest BCUT2D eigenvalue weighted by Crippen LogP contribution is -2.58. The molecule has 0 spiro atoms. The Balaban J connectivity index is 1.99. The molecule has 12 heteroatoms. The summed E-state index contributed by atoms with van der Waals surface area (Å²) < 4.78 is 26.8. The van der Waals surface area contributed by atoms with Crippen molar-refractivity contribution in [2.45, 2.75) is 57.7 Å². The van der Waals surface area contributed by atoms with Gasteiger partial charge in [-0.1, -0.05) is 0 Å². The van der Waals surface area contributed by atoms with Crippen LogP contribution in [0.25, 0.3) is 10.9 Å². The molecule has 0 unspecified atom stereocenters. The Kier molecular flexibility index (Phi) is 6.64. The molecule has 5 rings (SSSR count). The number of methoxy groups -OCH3 is 1. The molecule has 1 aliphatic carbocycles. The molecule has 3 aliphatic rings. The summed E-state index contributed by atoms with van der Waals surface area (Å²) in [6, 6.07) is 2.66. The van der Waals surface area contributed by atoms with Crippen LogP contribution in [-0.2, 0) is 11.2 Å². The fourth-order valence-electron chi connectivity index (χ4n) is 5.02. The van der Waals surface area contributed by atoms with Gasteiger partial charge in [0, 0.05) is 24.3 Å². The molecule has 36 heavy (non-hydrogen) atoms. The number of carbonyl (C=O) groups is 2. The van der Waals surface area contributed by atoms with Crippen molar-refractivity contribution >= 4 is 50.4 Å². The average Bonchev–Trinajstić information content (AvgIpc) is 3.39. The Morgan fingerprint density at radius 1 is 1.44 bits per heavy atom. The molecule has 192 valence electrons.